The number of rotatable bonds is 7. The van der Waals surface area contributed by atoms with Crippen LogP contribution < -0.4 is 10.1 Å². The molecule has 1 aliphatic heterocycles. The Morgan fingerprint density at radius 1 is 1.26 bits per heavy atom. The van der Waals surface area contributed by atoms with Gasteiger partial charge >= 0.3 is 0 Å². The van der Waals surface area contributed by atoms with E-state index >= 15 is 0 Å². The molecule has 0 bridgehead atoms. The summed E-state index contributed by atoms with van der Waals surface area (Å²) in [7, 11) is 0. The van der Waals surface area contributed by atoms with Crippen molar-refractivity contribution in [1.82, 2.24) is 15.2 Å². The van der Waals surface area contributed by atoms with Gasteiger partial charge in [0.2, 0.25) is 0 Å². The highest BCUT2D eigenvalue weighted by Crippen LogP contribution is 2.11. The van der Waals surface area contributed by atoms with E-state index in [1.807, 2.05) is 18.3 Å². The summed E-state index contributed by atoms with van der Waals surface area (Å²) in [4.78, 5) is 6.86. The Bertz CT molecular complexity index is 347. The van der Waals surface area contributed by atoms with Crippen molar-refractivity contribution in [2.45, 2.75) is 32.7 Å². The van der Waals surface area contributed by atoms with Gasteiger partial charge < -0.3 is 10.1 Å². The number of nitrogens with zero attached hydrogens (tertiary/aromatic N) is 2. The van der Waals surface area contributed by atoms with Gasteiger partial charge in [-0.1, -0.05) is 13.3 Å². The van der Waals surface area contributed by atoms with Crippen LogP contribution >= 0.6 is 0 Å². The number of hydrogen-bond acceptors (Lipinski definition) is 4. The molecule has 106 valence electrons. The minimum atomic E-state index is 0.758. The van der Waals surface area contributed by atoms with Crippen molar-refractivity contribution in [3.63, 3.8) is 0 Å². The van der Waals surface area contributed by atoms with E-state index in [-0.39, 0.29) is 0 Å². The van der Waals surface area contributed by atoms with Crippen LogP contribution in [0.5, 0.6) is 5.75 Å². The second kappa shape index (κ2) is 8.12. The fourth-order valence-electron chi connectivity index (χ4n) is 2.33. The normalized spacial score (nSPS) is 16.5. The molecule has 2 heterocycles. The predicted molar refractivity (Wildman–Crippen MR) is 77.4 cm³/mol. The minimum absolute atomic E-state index is 0.758. The molecule has 0 aromatic carbocycles. The number of likely N-dealkylation sites (tertiary alicyclic amines) is 1. The number of hydrogen-bond donors (Lipinski definition) is 1. The quantitative estimate of drug-likeness (QED) is 0.817. The molecule has 0 radical (unpaired) electrons. The Kier molecular flexibility index (Phi) is 6.11. The standard InChI is InChI=1S/C15H25N3O/c1-2-16-12-14-6-7-15(13-17-14)19-11-10-18-8-4-3-5-9-18/h6-7,13,16H,2-5,8-12H2,1H3. The van der Waals surface area contributed by atoms with Crippen molar-refractivity contribution in [2.24, 2.45) is 0 Å². The van der Waals surface area contributed by atoms with E-state index in [4.69, 9.17) is 4.74 Å². The maximum absolute atomic E-state index is 5.74. The van der Waals surface area contributed by atoms with Crippen molar-refractivity contribution in [2.75, 3.05) is 32.8 Å². The molecule has 0 atom stereocenters. The van der Waals surface area contributed by atoms with Gasteiger partial charge in [-0.25, -0.2) is 0 Å². The predicted octanol–water partition coefficient (Wildman–Crippen LogP) is 2.06. The number of ether oxygens (including phenoxy) is 1. The van der Waals surface area contributed by atoms with Crippen LogP contribution in [0.3, 0.4) is 0 Å². The molecule has 2 rings (SSSR count). The molecular weight excluding hydrogens is 238 g/mol. The minimum Gasteiger partial charge on any atom is -0.491 e. The van der Waals surface area contributed by atoms with Crippen LogP contribution in [-0.2, 0) is 6.54 Å². The lowest BCUT2D eigenvalue weighted by molar-refractivity contribution is 0.183. The largest absolute Gasteiger partial charge is 0.491 e. The highest BCUT2D eigenvalue weighted by Gasteiger charge is 2.09. The van der Waals surface area contributed by atoms with E-state index in [1.54, 1.807) is 0 Å². The second-order valence-electron chi connectivity index (χ2n) is 5.02. The maximum atomic E-state index is 5.74. The zero-order valence-corrected chi connectivity index (χ0v) is 11.9. The van der Waals surface area contributed by atoms with Crippen molar-refractivity contribution < 1.29 is 4.74 Å². The van der Waals surface area contributed by atoms with Gasteiger partial charge in [0.1, 0.15) is 12.4 Å². The van der Waals surface area contributed by atoms with Crippen LogP contribution in [0.4, 0.5) is 0 Å². The van der Waals surface area contributed by atoms with Gasteiger partial charge in [0.15, 0.2) is 0 Å². The first-order valence-corrected chi connectivity index (χ1v) is 7.39. The summed E-state index contributed by atoms with van der Waals surface area (Å²) in [5, 5.41) is 3.26. The van der Waals surface area contributed by atoms with E-state index < -0.39 is 0 Å². The zero-order valence-electron chi connectivity index (χ0n) is 11.9. The Labute approximate surface area is 116 Å². The molecule has 0 saturated carbocycles. The molecule has 0 spiro atoms. The third kappa shape index (κ3) is 5.17. The topological polar surface area (TPSA) is 37.4 Å². The van der Waals surface area contributed by atoms with E-state index in [2.05, 4.69) is 22.1 Å². The Balaban J connectivity index is 1.67. The molecular formula is C15H25N3O. The molecule has 19 heavy (non-hydrogen) atoms. The fourth-order valence-corrected chi connectivity index (χ4v) is 2.33. The van der Waals surface area contributed by atoms with Crippen LogP contribution in [0.25, 0.3) is 0 Å². The van der Waals surface area contributed by atoms with Crippen molar-refractivity contribution in [3.8, 4) is 5.75 Å². The van der Waals surface area contributed by atoms with Crippen molar-refractivity contribution in [3.05, 3.63) is 24.0 Å². The number of nitrogens with one attached hydrogen (secondary N) is 1. The highest BCUT2D eigenvalue weighted by molar-refractivity contribution is 5.19. The van der Waals surface area contributed by atoms with Crippen LogP contribution in [0, 0.1) is 0 Å². The van der Waals surface area contributed by atoms with E-state index in [0.29, 0.717) is 0 Å². The molecule has 0 unspecified atom stereocenters. The Morgan fingerprint density at radius 3 is 2.79 bits per heavy atom. The monoisotopic (exact) mass is 263 g/mol. The summed E-state index contributed by atoms with van der Waals surface area (Å²) in [6, 6.07) is 4.04. The first-order valence-electron chi connectivity index (χ1n) is 7.39. The van der Waals surface area contributed by atoms with E-state index in [1.165, 1.54) is 32.4 Å². The lowest BCUT2D eigenvalue weighted by atomic mass is 10.1. The van der Waals surface area contributed by atoms with E-state index in [0.717, 1.165) is 37.7 Å². The SMILES string of the molecule is CCNCc1ccc(OCCN2CCCCC2)cn1. The number of pyridine rings is 1. The molecule has 1 saturated heterocycles. The van der Waals surface area contributed by atoms with Crippen molar-refractivity contribution in [1.29, 1.82) is 0 Å². The van der Waals surface area contributed by atoms with Crippen LogP contribution in [0.1, 0.15) is 31.9 Å². The first kappa shape index (κ1) is 14.3. The Hall–Kier alpha value is -1.13. The molecule has 0 aliphatic carbocycles. The maximum Gasteiger partial charge on any atom is 0.137 e. The van der Waals surface area contributed by atoms with E-state index in [9.17, 15) is 0 Å². The molecule has 4 nitrogen and oxygen atoms in total. The Morgan fingerprint density at radius 2 is 2.11 bits per heavy atom. The molecule has 4 heteroatoms. The fraction of sp³-hybridized carbons (Fsp3) is 0.667. The summed E-state index contributed by atoms with van der Waals surface area (Å²) in [5.74, 6) is 0.872. The van der Waals surface area contributed by atoms with Crippen LogP contribution in [0.15, 0.2) is 18.3 Å². The smallest absolute Gasteiger partial charge is 0.137 e. The second-order valence-corrected chi connectivity index (χ2v) is 5.02. The third-order valence-electron chi connectivity index (χ3n) is 3.48. The lowest BCUT2D eigenvalue weighted by Gasteiger charge is -2.26. The van der Waals surface area contributed by atoms with Gasteiger partial charge in [-0.2, -0.15) is 0 Å². The average molecular weight is 263 g/mol. The molecule has 1 aromatic rings. The summed E-state index contributed by atoms with van der Waals surface area (Å²) >= 11 is 0. The summed E-state index contributed by atoms with van der Waals surface area (Å²) in [6.07, 6.45) is 5.87. The van der Waals surface area contributed by atoms with Crippen LogP contribution in [0.2, 0.25) is 0 Å². The van der Waals surface area contributed by atoms with Crippen molar-refractivity contribution >= 4 is 0 Å². The molecule has 1 aromatic heterocycles. The van der Waals surface area contributed by atoms with Gasteiger partial charge in [0, 0.05) is 13.1 Å². The van der Waals surface area contributed by atoms with Crippen LogP contribution in [-0.4, -0.2) is 42.7 Å². The highest BCUT2D eigenvalue weighted by atomic mass is 16.5. The number of piperidine rings is 1. The summed E-state index contributed by atoms with van der Waals surface area (Å²) < 4.78 is 5.74. The van der Waals surface area contributed by atoms with Gasteiger partial charge in [0.05, 0.1) is 11.9 Å². The average Bonchev–Trinajstić information content (AvgIpc) is 2.47. The third-order valence-corrected chi connectivity index (χ3v) is 3.48. The molecule has 0 amide bonds. The summed E-state index contributed by atoms with van der Waals surface area (Å²) in [5.41, 5.74) is 1.06. The lowest BCUT2D eigenvalue weighted by Crippen LogP contribution is -2.33. The molecule has 1 aliphatic rings. The molecule has 1 N–H and O–H groups in total. The molecule has 1 fully saturated rings. The van der Waals surface area contributed by atoms with Gasteiger partial charge in [-0.05, 0) is 44.6 Å². The first-order chi connectivity index (χ1) is 9.38. The van der Waals surface area contributed by atoms with Gasteiger partial charge in [-0.3, -0.25) is 9.88 Å². The zero-order chi connectivity index (χ0) is 13.3. The van der Waals surface area contributed by atoms with Gasteiger partial charge in [-0.15, -0.1) is 0 Å². The van der Waals surface area contributed by atoms with Gasteiger partial charge in [0.25, 0.3) is 0 Å². The summed E-state index contributed by atoms with van der Waals surface area (Å²) in [6.45, 7) is 8.12. The number of aromatic nitrogens is 1.